The average Bonchev–Trinajstić information content (AvgIpc) is 2.87. The van der Waals surface area contributed by atoms with Crippen LogP contribution in [0.2, 0.25) is 5.02 Å². The highest BCUT2D eigenvalue weighted by Gasteiger charge is 2.11. The number of hydrogen-bond donors (Lipinski definition) is 2. The van der Waals surface area contributed by atoms with Crippen LogP contribution in [0.1, 0.15) is 0 Å². The van der Waals surface area contributed by atoms with E-state index in [4.69, 9.17) is 16.3 Å². The smallest absolute Gasteiger partial charge is 0.302 e. The van der Waals surface area contributed by atoms with Crippen LogP contribution in [-0.4, -0.2) is 22.6 Å². The summed E-state index contributed by atoms with van der Waals surface area (Å²) >= 11 is 9.13. The lowest BCUT2D eigenvalue weighted by Gasteiger charge is -2.05. The average molecular weight is 409 g/mol. The van der Waals surface area contributed by atoms with Crippen LogP contribution in [0, 0.1) is 0 Å². The van der Waals surface area contributed by atoms with E-state index in [2.05, 4.69) is 31.1 Å². The van der Waals surface area contributed by atoms with Crippen LogP contribution in [0.5, 0.6) is 11.6 Å². The summed E-state index contributed by atoms with van der Waals surface area (Å²) < 4.78 is 6.00. The number of rotatable bonds is 4. The molecule has 8 heteroatoms. The summed E-state index contributed by atoms with van der Waals surface area (Å²) in [5.74, 6) is -0.256. The Kier molecular flexibility index (Phi) is 4.82. The molecule has 0 aliphatic heterocycles. The minimum atomic E-state index is -0.582. The fraction of sp³-hybridized carbons (Fsp3) is 0.0625. The van der Waals surface area contributed by atoms with Crippen LogP contribution < -0.4 is 4.74 Å². The summed E-state index contributed by atoms with van der Waals surface area (Å²) in [6.45, 7) is -0.285. The van der Waals surface area contributed by atoms with Gasteiger partial charge >= 0.3 is 5.91 Å². The van der Waals surface area contributed by atoms with Gasteiger partial charge in [-0.3, -0.25) is 4.79 Å². The molecule has 122 valence electrons. The molecule has 0 unspecified atom stereocenters. The van der Waals surface area contributed by atoms with Gasteiger partial charge in [-0.05, 0) is 40.2 Å². The number of hydrogen-bond acceptors (Lipinski definition) is 4. The Balaban J connectivity index is 1.70. The first-order valence-corrected chi connectivity index (χ1v) is 8.04. The molecule has 0 aliphatic rings. The summed E-state index contributed by atoms with van der Waals surface area (Å²) in [6.07, 6.45) is 0. The van der Waals surface area contributed by atoms with Gasteiger partial charge in [-0.25, -0.2) is 0 Å². The largest absolute Gasteiger partial charge is 0.493 e. The number of H-pyrrole nitrogens is 1. The summed E-state index contributed by atoms with van der Waals surface area (Å²) in [5, 5.41) is 18.5. The second-order valence-electron chi connectivity index (χ2n) is 4.82. The number of nitrogens with zero attached hydrogens (tertiary/aromatic N) is 2. The predicted molar refractivity (Wildman–Crippen MR) is 94.1 cm³/mol. The molecule has 3 aromatic rings. The molecule has 1 heterocycles. The fourth-order valence-corrected chi connectivity index (χ4v) is 2.88. The van der Waals surface area contributed by atoms with Crippen LogP contribution in [0.4, 0.5) is 5.69 Å². The maximum atomic E-state index is 11.8. The minimum Gasteiger partial charge on any atom is -0.493 e. The summed E-state index contributed by atoms with van der Waals surface area (Å²) in [6, 6.07) is 12.1. The SMILES string of the molecule is O=C(COc1ccc(Cl)cc1Br)N=Nc1c(O)[nH]c2ccccc12. The normalized spacial score (nSPS) is 11.2. The van der Waals surface area contributed by atoms with E-state index in [1.54, 1.807) is 36.4 Å². The van der Waals surface area contributed by atoms with Crippen molar-refractivity contribution in [2.24, 2.45) is 10.2 Å². The first-order valence-electron chi connectivity index (χ1n) is 6.86. The predicted octanol–water partition coefficient (Wildman–Crippen LogP) is 4.98. The summed E-state index contributed by atoms with van der Waals surface area (Å²) in [4.78, 5) is 14.6. The molecule has 24 heavy (non-hydrogen) atoms. The molecule has 2 N–H and O–H groups in total. The van der Waals surface area contributed by atoms with Crippen LogP contribution in [0.3, 0.4) is 0 Å². The topological polar surface area (TPSA) is 87.0 Å². The van der Waals surface area contributed by atoms with Crippen LogP contribution >= 0.6 is 27.5 Å². The Morgan fingerprint density at radius 3 is 2.88 bits per heavy atom. The molecule has 0 atom stereocenters. The van der Waals surface area contributed by atoms with Crippen molar-refractivity contribution in [3.63, 3.8) is 0 Å². The Bertz CT molecular complexity index is 939. The zero-order valence-electron chi connectivity index (χ0n) is 12.2. The number of aromatic nitrogens is 1. The van der Waals surface area contributed by atoms with Crippen LogP contribution in [0.25, 0.3) is 10.9 Å². The Hall–Kier alpha value is -2.38. The van der Waals surface area contributed by atoms with E-state index >= 15 is 0 Å². The van der Waals surface area contributed by atoms with Crippen LogP contribution in [0.15, 0.2) is 57.2 Å². The molecular weight excluding hydrogens is 398 g/mol. The van der Waals surface area contributed by atoms with Gasteiger partial charge in [-0.1, -0.05) is 29.8 Å². The molecule has 1 aromatic heterocycles. The van der Waals surface area contributed by atoms with E-state index < -0.39 is 5.91 Å². The van der Waals surface area contributed by atoms with Gasteiger partial charge in [0.25, 0.3) is 0 Å². The number of aromatic hydroxyl groups is 1. The lowest BCUT2D eigenvalue weighted by atomic mass is 10.2. The lowest BCUT2D eigenvalue weighted by Crippen LogP contribution is -2.08. The first kappa shape index (κ1) is 16.5. The minimum absolute atomic E-state index is 0.144. The van der Waals surface area contributed by atoms with E-state index in [0.29, 0.717) is 26.1 Å². The molecule has 0 bridgehead atoms. The number of carbonyl (C=O) groups excluding carboxylic acids is 1. The number of carbonyl (C=O) groups is 1. The Morgan fingerprint density at radius 1 is 1.29 bits per heavy atom. The highest BCUT2D eigenvalue weighted by molar-refractivity contribution is 9.10. The molecular formula is C16H11BrClN3O3. The number of azo groups is 1. The van der Waals surface area contributed by atoms with Crippen molar-refractivity contribution in [1.82, 2.24) is 4.98 Å². The highest BCUT2D eigenvalue weighted by Crippen LogP contribution is 2.35. The quantitative estimate of drug-likeness (QED) is 0.597. The van der Waals surface area contributed by atoms with E-state index in [1.807, 2.05) is 6.07 Å². The first-order chi connectivity index (χ1) is 11.5. The van der Waals surface area contributed by atoms with Crippen LogP contribution in [-0.2, 0) is 4.79 Å². The van der Waals surface area contributed by atoms with Gasteiger partial charge in [-0.2, -0.15) is 0 Å². The number of ether oxygens (including phenoxy) is 1. The van der Waals surface area contributed by atoms with Gasteiger partial charge in [-0.15, -0.1) is 10.2 Å². The second-order valence-corrected chi connectivity index (χ2v) is 6.12. The molecule has 0 aliphatic carbocycles. The number of benzene rings is 2. The van der Waals surface area contributed by atoms with Crippen molar-refractivity contribution >= 4 is 50.0 Å². The monoisotopic (exact) mass is 407 g/mol. The molecule has 0 saturated heterocycles. The van der Waals surface area contributed by atoms with E-state index in [1.165, 1.54) is 0 Å². The van der Waals surface area contributed by atoms with Crippen molar-refractivity contribution in [3.05, 3.63) is 52.0 Å². The van der Waals surface area contributed by atoms with E-state index in [9.17, 15) is 9.90 Å². The molecule has 0 saturated carbocycles. The lowest BCUT2D eigenvalue weighted by molar-refractivity contribution is -0.120. The van der Waals surface area contributed by atoms with Gasteiger partial charge in [0.15, 0.2) is 12.3 Å². The van der Waals surface area contributed by atoms with Crippen molar-refractivity contribution in [1.29, 1.82) is 0 Å². The Morgan fingerprint density at radius 2 is 2.08 bits per heavy atom. The van der Waals surface area contributed by atoms with Gasteiger partial charge < -0.3 is 14.8 Å². The number of halogens is 2. The third kappa shape index (κ3) is 3.58. The second kappa shape index (κ2) is 7.02. The third-order valence-electron chi connectivity index (χ3n) is 3.17. The summed E-state index contributed by atoms with van der Waals surface area (Å²) in [5.41, 5.74) is 0.921. The number of fused-ring (bicyclic) bond motifs is 1. The van der Waals surface area contributed by atoms with E-state index in [0.717, 1.165) is 0 Å². The zero-order valence-corrected chi connectivity index (χ0v) is 14.5. The molecule has 0 fully saturated rings. The van der Waals surface area contributed by atoms with Crippen molar-refractivity contribution in [3.8, 4) is 11.6 Å². The maximum absolute atomic E-state index is 11.8. The van der Waals surface area contributed by atoms with Crippen molar-refractivity contribution in [2.45, 2.75) is 0 Å². The van der Waals surface area contributed by atoms with Crippen molar-refractivity contribution in [2.75, 3.05) is 6.61 Å². The van der Waals surface area contributed by atoms with Gasteiger partial charge in [0.05, 0.1) is 9.99 Å². The highest BCUT2D eigenvalue weighted by atomic mass is 79.9. The number of nitrogens with one attached hydrogen (secondary N) is 1. The molecule has 2 aromatic carbocycles. The fourth-order valence-electron chi connectivity index (χ4n) is 2.08. The Labute approximate surface area is 150 Å². The molecule has 1 amide bonds. The third-order valence-corrected chi connectivity index (χ3v) is 4.02. The van der Waals surface area contributed by atoms with Crippen molar-refractivity contribution < 1.29 is 14.6 Å². The standard InChI is InChI=1S/C16H11BrClN3O3/c17-11-7-9(18)5-6-13(11)24-8-14(22)20-21-15-10-3-1-2-4-12(10)19-16(15)23/h1-7,19,23H,8H2. The molecule has 0 spiro atoms. The number of amides is 1. The van der Waals surface area contributed by atoms with E-state index in [-0.39, 0.29) is 18.2 Å². The molecule has 3 rings (SSSR count). The molecule has 0 radical (unpaired) electrons. The van der Waals surface area contributed by atoms with Gasteiger partial charge in [0.1, 0.15) is 5.75 Å². The van der Waals surface area contributed by atoms with Gasteiger partial charge in [0.2, 0.25) is 5.88 Å². The maximum Gasteiger partial charge on any atom is 0.302 e. The van der Waals surface area contributed by atoms with Gasteiger partial charge in [0, 0.05) is 10.4 Å². The number of para-hydroxylation sites is 1. The zero-order chi connectivity index (χ0) is 17.1. The number of aromatic amines is 1. The summed E-state index contributed by atoms with van der Waals surface area (Å²) in [7, 11) is 0. The molecule has 6 nitrogen and oxygen atoms in total.